The second-order valence-electron chi connectivity index (χ2n) is 7.94. The number of carbonyl (C=O) groups excluding carboxylic acids is 2. The summed E-state index contributed by atoms with van der Waals surface area (Å²) in [6, 6.07) is 10.3. The molecule has 1 aromatic rings. The number of nitrogens with zero attached hydrogens (tertiary/aromatic N) is 1. The van der Waals surface area contributed by atoms with Crippen LogP contribution in [0.2, 0.25) is 0 Å². The van der Waals surface area contributed by atoms with E-state index >= 15 is 0 Å². The summed E-state index contributed by atoms with van der Waals surface area (Å²) in [4.78, 5) is 22.9. The monoisotopic (exact) mass is 499 g/mol. The van der Waals surface area contributed by atoms with Gasteiger partial charge in [-0.3, -0.25) is 0 Å². The van der Waals surface area contributed by atoms with Crippen molar-refractivity contribution in [2.75, 3.05) is 6.61 Å². The van der Waals surface area contributed by atoms with Gasteiger partial charge in [0.05, 0.1) is 0 Å². The zero-order valence-electron chi connectivity index (χ0n) is 18.7. The molecule has 1 heterocycles. The third-order valence-electron chi connectivity index (χ3n) is 5.58. The molecule has 1 fully saturated rings. The third kappa shape index (κ3) is 8.28. The van der Waals surface area contributed by atoms with Crippen molar-refractivity contribution in [3.05, 3.63) is 35.9 Å². The van der Waals surface area contributed by atoms with Crippen LogP contribution in [0.4, 0.5) is 0 Å². The quantitative estimate of drug-likeness (QED) is 0.133. The molecule has 1 aromatic carbocycles. The molecule has 0 spiro atoms. The summed E-state index contributed by atoms with van der Waals surface area (Å²) >= 11 is -0.329. The second-order valence-corrected chi connectivity index (χ2v) is 10.4. The van der Waals surface area contributed by atoms with Gasteiger partial charge >= 0.3 is 191 Å². The van der Waals surface area contributed by atoms with Crippen molar-refractivity contribution in [1.82, 2.24) is 0 Å². The Morgan fingerprint density at radius 3 is 2.42 bits per heavy atom. The standard InChI is InChI=1S/C23H33NO6Se/c1-15-16(2)22(29-18(4)26)23(30-20(15)14-28-17(3)25)31-21(24-27)13-9-8-12-19-10-6-5-7-11-19/h5-7,10-11,15-16,20,22-23,27H,8-9,12-14H2,1-4H3/b24-21-/t15-,16-,20?,22?,23-/m0/s1. The van der Waals surface area contributed by atoms with Gasteiger partial charge in [0.2, 0.25) is 0 Å². The van der Waals surface area contributed by atoms with Gasteiger partial charge in [0.1, 0.15) is 0 Å². The maximum absolute atomic E-state index is 11.7. The Morgan fingerprint density at radius 1 is 1.10 bits per heavy atom. The number of rotatable bonds is 10. The molecule has 1 aliphatic rings. The maximum atomic E-state index is 11.7. The van der Waals surface area contributed by atoms with E-state index in [0.29, 0.717) is 11.0 Å². The van der Waals surface area contributed by atoms with Crippen molar-refractivity contribution in [2.24, 2.45) is 17.0 Å². The van der Waals surface area contributed by atoms with Crippen LogP contribution in [-0.4, -0.2) is 60.5 Å². The molecule has 0 amide bonds. The van der Waals surface area contributed by atoms with E-state index in [0.717, 1.165) is 19.3 Å². The summed E-state index contributed by atoms with van der Waals surface area (Å²) in [6.45, 7) is 6.93. The van der Waals surface area contributed by atoms with E-state index in [2.05, 4.69) is 17.3 Å². The van der Waals surface area contributed by atoms with Gasteiger partial charge in [0.25, 0.3) is 0 Å². The van der Waals surface area contributed by atoms with Crippen LogP contribution in [0.3, 0.4) is 0 Å². The van der Waals surface area contributed by atoms with Gasteiger partial charge in [0.15, 0.2) is 0 Å². The van der Waals surface area contributed by atoms with E-state index < -0.39 is 11.1 Å². The van der Waals surface area contributed by atoms with E-state index in [1.165, 1.54) is 19.4 Å². The molecule has 8 heteroatoms. The van der Waals surface area contributed by atoms with E-state index in [1.807, 2.05) is 32.0 Å². The topological polar surface area (TPSA) is 94.4 Å². The Balaban J connectivity index is 1.97. The minimum absolute atomic E-state index is 0.0168. The third-order valence-corrected chi connectivity index (χ3v) is 8.03. The summed E-state index contributed by atoms with van der Waals surface area (Å²) in [5.74, 6) is -0.667. The molecule has 0 radical (unpaired) electrons. The van der Waals surface area contributed by atoms with Crippen molar-refractivity contribution < 1.29 is 29.0 Å². The van der Waals surface area contributed by atoms with Crippen LogP contribution in [0.15, 0.2) is 35.5 Å². The van der Waals surface area contributed by atoms with E-state index in [4.69, 9.17) is 14.2 Å². The first-order chi connectivity index (χ1) is 14.8. The average Bonchev–Trinajstić information content (AvgIpc) is 2.74. The van der Waals surface area contributed by atoms with Crippen LogP contribution < -0.4 is 0 Å². The normalized spacial score (nSPS) is 26.3. The molecule has 2 rings (SSSR count). The Labute approximate surface area is 190 Å². The number of hydrogen-bond acceptors (Lipinski definition) is 7. The summed E-state index contributed by atoms with van der Waals surface area (Å²) in [5.41, 5.74) is 1.29. The van der Waals surface area contributed by atoms with E-state index in [9.17, 15) is 14.8 Å². The van der Waals surface area contributed by atoms with Crippen molar-refractivity contribution in [2.45, 2.75) is 70.6 Å². The van der Waals surface area contributed by atoms with Gasteiger partial charge in [-0.1, -0.05) is 0 Å². The summed E-state index contributed by atoms with van der Waals surface area (Å²) in [5, 5.41) is 12.7. The van der Waals surface area contributed by atoms with Gasteiger partial charge in [-0.15, -0.1) is 0 Å². The minimum atomic E-state index is -0.429. The number of carbonyl (C=O) groups is 2. The van der Waals surface area contributed by atoms with E-state index in [-0.39, 0.29) is 51.4 Å². The average molecular weight is 498 g/mol. The molecule has 31 heavy (non-hydrogen) atoms. The van der Waals surface area contributed by atoms with Crippen LogP contribution in [0.25, 0.3) is 0 Å². The van der Waals surface area contributed by atoms with Crippen molar-refractivity contribution in [3.8, 4) is 0 Å². The second kappa shape index (κ2) is 12.8. The molecule has 172 valence electrons. The Kier molecular flexibility index (Phi) is 10.5. The molecule has 0 aromatic heterocycles. The molecule has 5 atom stereocenters. The number of esters is 2. The van der Waals surface area contributed by atoms with Gasteiger partial charge in [-0.05, 0) is 0 Å². The number of unbranched alkanes of at least 4 members (excludes halogenated alkanes) is 1. The van der Waals surface area contributed by atoms with Crippen LogP contribution >= 0.6 is 0 Å². The van der Waals surface area contributed by atoms with Gasteiger partial charge in [-0.25, -0.2) is 0 Å². The molecular weight excluding hydrogens is 465 g/mol. The fourth-order valence-electron chi connectivity index (χ4n) is 3.62. The summed E-state index contributed by atoms with van der Waals surface area (Å²) in [7, 11) is 0. The van der Waals surface area contributed by atoms with Crippen LogP contribution in [-0.2, 0) is 30.2 Å². The van der Waals surface area contributed by atoms with Crippen molar-refractivity contribution in [1.29, 1.82) is 0 Å². The zero-order chi connectivity index (χ0) is 22.8. The molecule has 0 aliphatic carbocycles. The number of oxime groups is 1. The molecule has 0 saturated carbocycles. The molecule has 1 saturated heterocycles. The van der Waals surface area contributed by atoms with Crippen LogP contribution in [0.5, 0.6) is 0 Å². The SMILES string of the molecule is CC(=O)OCC1O[C@@H]([Se]/C(CCCCc2ccccc2)=N\O)C(OC(C)=O)[C@@H](C)[C@@H]1C. The number of ether oxygens (including phenoxy) is 3. The first-order valence-corrected chi connectivity index (χ1v) is 12.5. The first-order valence-electron chi connectivity index (χ1n) is 10.7. The first kappa shape index (κ1) is 25.4. The van der Waals surface area contributed by atoms with Crippen LogP contribution in [0, 0.1) is 11.8 Å². The number of aryl methyl sites for hydroxylation is 1. The molecular formula is C23H33NO6Se. The van der Waals surface area contributed by atoms with Crippen molar-refractivity contribution >= 4 is 31.5 Å². The van der Waals surface area contributed by atoms with Crippen molar-refractivity contribution in [3.63, 3.8) is 0 Å². The molecule has 0 bridgehead atoms. The summed E-state index contributed by atoms with van der Waals surface area (Å²) in [6.07, 6.45) is 2.79. The zero-order valence-corrected chi connectivity index (χ0v) is 20.4. The van der Waals surface area contributed by atoms with Gasteiger partial charge < -0.3 is 0 Å². The fourth-order valence-corrected chi connectivity index (χ4v) is 6.16. The van der Waals surface area contributed by atoms with Gasteiger partial charge in [-0.2, -0.15) is 0 Å². The Hall–Kier alpha value is -1.89. The van der Waals surface area contributed by atoms with E-state index in [1.54, 1.807) is 0 Å². The predicted molar refractivity (Wildman–Crippen MR) is 118 cm³/mol. The Bertz CT molecular complexity index is 739. The molecule has 2 unspecified atom stereocenters. The number of benzene rings is 1. The molecule has 1 N–H and O–H groups in total. The predicted octanol–water partition coefficient (Wildman–Crippen LogP) is 3.38. The Morgan fingerprint density at radius 2 is 1.81 bits per heavy atom. The molecule has 1 aliphatic heterocycles. The fraction of sp³-hybridized carbons (Fsp3) is 0.609. The van der Waals surface area contributed by atoms with Crippen LogP contribution in [0.1, 0.15) is 52.5 Å². The van der Waals surface area contributed by atoms with Gasteiger partial charge in [0, 0.05) is 0 Å². The molecule has 7 nitrogen and oxygen atoms in total. The summed E-state index contributed by atoms with van der Waals surface area (Å²) < 4.78 is 17.7. The number of hydrogen-bond donors (Lipinski definition) is 1.